The molecule has 0 fully saturated rings. The van der Waals surface area contributed by atoms with Crippen LogP contribution in [-0.2, 0) is 28.6 Å². The first-order valence-electron chi connectivity index (χ1n) is 23.9. The highest BCUT2D eigenvalue weighted by atomic mass is 16.6. The number of allylic oxidation sites excluding steroid dienone is 11. The number of rotatable bonds is 42. The van der Waals surface area contributed by atoms with E-state index in [1.807, 2.05) is 6.08 Å². The van der Waals surface area contributed by atoms with Gasteiger partial charge in [-0.25, -0.2) is 0 Å². The van der Waals surface area contributed by atoms with Crippen molar-refractivity contribution in [3.8, 4) is 0 Å². The largest absolute Gasteiger partial charge is 0.462 e. The first kappa shape index (κ1) is 54.9. The van der Waals surface area contributed by atoms with Crippen LogP contribution in [0.3, 0.4) is 0 Å². The predicted molar refractivity (Wildman–Crippen MR) is 247 cm³/mol. The molecule has 0 aromatic carbocycles. The van der Waals surface area contributed by atoms with Crippen LogP contribution >= 0.6 is 0 Å². The molecule has 0 heterocycles. The summed E-state index contributed by atoms with van der Waals surface area (Å²) in [6.45, 7) is 6.36. The molecule has 332 valence electrons. The van der Waals surface area contributed by atoms with Crippen molar-refractivity contribution in [1.29, 1.82) is 0 Å². The molecular weight excluding hydrogens is 721 g/mol. The molecule has 6 heteroatoms. The molecule has 6 nitrogen and oxygen atoms in total. The standard InChI is InChI=1S/C52H88O6/c1-4-7-10-13-16-19-22-24-26-28-30-33-36-39-42-45-51(54)57-48-49(47-56-50(53)44-41-38-35-32-21-18-15-12-9-6-3)58-52(55)46-43-40-37-34-31-29-27-25-23-20-17-14-11-8-5-2/h7,10,12,15-16,19,24,26,30,33,39,42,49H,4-6,8-9,11,13-14,17-18,20-23,25,27-29,31-32,34-38,40-41,43-48H2,1-3H3/b10-7-,15-12-,19-16-,26-24-,33-30-,42-39-. The first-order chi connectivity index (χ1) is 28.5. The van der Waals surface area contributed by atoms with Crippen LogP contribution in [0, 0.1) is 0 Å². The van der Waals surface area contributed by atoms with Gasteiger partial charge in [0.1, 0.15) is 13.2 Å². The number of unbranched alkanes of at least 4 members (excludes halogenated alkanes) is 20. The van der Waals surface area contributed by atoms with Gasteiger partial charge in [0, 0.05) is 12.8 Å². The van der Waals surface area contributed by atoms with Gasteiger partial charge in [0.25, 0.3) is 0 Å². The maximum absolute atomic E-state index is 12.7. The second kappa shape index (κ2) is 46.5. The van der Waals surface area contributed by atoms with Gasteiger partial charge in [0.2, 0.25) is 0 Å². The van der Waals surface area contributed by atoms with Crippen molar-refractivity contribution in [2.24, 2.45) is 0 Å². The van der Waals surface area contributed by atoms with Crippen molar-refractivity contribution in [1.82, 2.24) is 0 Å². The summed E-state index contributed by atoms with van der Waals surface area (Å²) in [6, 6.07) is 0. The van der Waals surface area contributed by atoms with E-state index in [1.165, 1.54) is 89.9 Å². The monoisotopic (exact) mass is 809 g/mol. The molecule has 1 unspecified atom stereocenters. The molecule has 0 radical (unpaired) electrons. The van der Waals surface area contributed by atoms with Crippen LogP contribution in [0.15, 0.2) is 72.9 Å². The van der Waals surface area contributed by atoms with E-state index in [9.17, 15) is 14.4 Å². The zero-order valence-electron chi connectivity index (χ0n) is 37.8. The van der Waals surface area contributed by atoms with Crippen molar-refractivity contribution < 1.29 is 28.6 Å². The Morgan fingerprint density at radius 2 is 0.776 bits per heavy atom. The maximum atomic E-state index is 12.7. The number of ether oxygens (including phenoxy) is 3. The smallest absolute Gasteiger partial charge is 0.309 e. The number of hydrogen-bond donors (Lipinski definition) is 0. The molecule has 0 saturated carbocycles. The highest BCUT2D eigenvalue weighted by Gasteiger charge is 2.19. The van der Waals surface area contributed by atoms with E-state index in [-0.39, 0.29) is 31.6 Å². The minimum Gasteiger partial charge on any atom is -0.462 e. The average Bonchev–Trinajstić information content (AvgIpc) is 3.22. The SMILES string of the molecule is CC/C=C\C/C=C\C/C=C\C/C=C\C/C=C\CC(=O)OCC(COC(=O)CCCCCCC/C=C\CCC)OC(=O)CCCCCCCCCCCCCCCCC. The van der Waals surface area contributed by atoms with Crippen LogP contribution in [0.4, 0.5) is 0 Å². The molecule has 0 saturated heterocycles. The molecule has 0 spiro atoms. The second-order valence-electron chi connectivity index (χ2n) is 15.7. The zero-order valence-corrected chi connectivity index (χ0v) is 37.8. The van der Waals surface area contributed by atoms with Crippen molar-refractivity contribution in [3.05, 3.63) is 72.9 Å². The first-order valence-corrected chi connectivity index (χ1v) is 23.9. The summed E-state index contributed by atoms with van der Waals surface area (Å²) in [5.74, 6) is -1.05. The molecule has 0 N–H and O–H groups in total. The summed E-state index contributed by atoms with van der Waals surface area (Å²) >= 11 is 0. The Bertz CT molecular complexity index is 1110. The fraction of sp³-hybridized carbons (Fsp3) is 0.712. The lowest BCUT2D eigenvalue weighted by atomic mass is 10.0. The number of esters is 3. The van der Waals surface area contributed by atoms with Gasteiger partial charge < -0.3 is 14.2 Å². The van der Waals surface area contributed by atoms with E-state index in [1.54, 1.807) is 6.08 Å². The van der Waals surface area contributed by atoms with Crippen LogP contribution in [0.2, 0.25) is 0 Å². The summed E-state index contributed by atoms with van der Waals surface area (Å²) in [6.07, 6.45) is 57.7. The van der Waals surface area contributed by atoms with Gasteiger partial charge in [-0.1, -0.05) is 209 Å². The molecule has 0 aliphatic rings. The zero-order chi connectivity index (χ0) is 42.3. The Balaban J connectivity index is 4.48. The van der Waals surface area contributed by atoms with E-state index in [0.29, 0.717) is 12.8 Å². The van der Waals surface area contributed by atoms with Crippen molar-refractivity contribution in [2.45, 2.75) is 226 Å². The minimum atomic E-state index is -0.814. The highest BCUT2D eigenvalue weighted by molar-refractivity contribution is 5.72. The second-order valence-corrected chi connectivity index (χ2v) is 15.7. The van der Waals surface area contributed by atoms with Gasteiger partial charge >= 0.3 is 17.9 Å². The topological polar surface area (TPSA) is 78.9 Å². The van der Waals surface area contributed by atoms with Gasteiger partial charge in [-0.05, 0) is 64.2 Å². The van der Waals surface area contributed by atoms with E-state index >= 15 is 0 Å². The van der Waals surface area contributed by atoms with Gasteiger partial charge in [-0.3, -0.25) is 14.4 Å². The minimum absolute atomic E-state index is 0.109. The molecule has 58 heavy (non-hydrogen) atoms. The molecular formula is C52H88O6. The average molecular weight is 809 g/mol. The third-order valence-electron chi connectivity index (χ3n) is 9.96. The lowest BCUT2D eigenvalue weighted by molar-refractivity contribution is -0.166. The predicted octanol–water partition coefficient (Wildman–Crippen LogP) is 15.5. The Hall–Kier alpha value is -3.15. The molecule has 0 aliphatic carbocycles. The number of carbonyl (C=O) groups excluding carboxylic acids is 3. The summed E-state index contributed by atoms with van der Waals surface area (Å²) < 4.78 is 16.6. The third kappa shape index (κ3) is 44.0. The molecule has 0 aliphatic heterocycles. The Morgan fingerprint density at radius 1 is 0.379 bits per heavy atom. The summed E-state index contributed by atoms with van der Waals surface area (Å²) in [5, 5.41) is 0. The number of carbonyl (C=O) groups is 3. The van der Waals surface area contributed by atoms with E-state index < -0.39 is 12.1 Å². The van der Waals surface area contributed by atoms with Crippen LogP contribution in [0.25, 0.3) is 0 Å². The lowest BCUT2D eigenvalue weighted by Crippen LogP contribution is -2.30. The number of hydrogen-bond acceptors (Lipinski definition) is 6. The molecule has 0 rings (SSSR count). The maximum Gasteiger partial charge on any atom is 0.309 e. The van der Waals surface area contributed by atoms with Crippen LogP contribution in [0.1, 0.15) is 220 Å². The fourth-order valence-electron chi connectivity index (χ4n) is 6.40. The molecule has 0 amide bonds. The van der Waals surface area contributed by atoms with Crippen molar-refractivity contribution in [3.63, 3.8) is 0 Å². The lowest BCUT2D eigenvalue weighted by Gasteiger charge is -2.18. The van der Waals surface area contributed by atoms with Crippen molar-refractivity contribution >= 4 is 17.9 Å². The highest BCUT2D eigenvalue weighted by Crippen LogP contribution is 2.15. The van der Waals surface area contributed by atoms with Crippen LogP contribution < -0.4 is 0 Å². The molecule has 1 atom stereocenters. The van der Waals surface area contributed by atoms with E-state index in [2.05, 4.69) is 81.5 Å². The molecule has 0 aromatic heterocycles. The molecule has 0 bridgehead atoms. The Morgan fingerprint density at radius 3 is 1.26 bits per heavy atom. The summed E-state index contributed by atoms with van der Waals surface area (Å²) in [7, 11) is 0. The van der Waals surface area contributed by atoms with E-state index in [4.69, 9.17) is 14.2 Å². The van der Waals surface area contributed by atoms with Gasteiger partial charge in [-0.15, -0.1) is 0 Å². The summed E-state index contributed by atoms with van der Waals surface area (Å²) in [5.41, 5.74) is 0. The van der Waals surface area contributed by atoms with Crippen LogP contribution in [-0.4, -0.2) is 37.2 Å². The van der Waals surface area contributed by atoms with Crippen LogP contribution in [0.5, 0.6) is 0 Å². The van der Waals surface area contributed by atoms with E-state index in [0.717, 1.165) is 89.9 Å². The van der Waals surface area contributed by atoms with Gasteiger partial charge in [0.05, 0.1) is 6.42 Å². The van der Waals surface area contributed by atoms with Gasteiger partial charge in [0.15, 0.2) is 6.10 Å². The van der Waals surface area contributed by atoms with Gasteiger partial charge in [-0.2, -0.15) is 0 Å². The normalized spacial score (nSPS) is 12.7. The Labute approximate surface area is 357 Å². The summed E-state index contributed by atoms with van der Waals surface area (Å²) in [4.78, 5) is 37.7. The third-order valence-corrected chi connectivity index (χ3v) is 9.96. The Kier molecular flexibility index (Phi) is 44.0. The van der Waals surface area contributed by atoms with Crippen molar-refractivity contribution in [2.75, 3.05) is 13.2 Å². The fourth-order valence-corrected chi connectivity index (χ4v) is 6.40. The molecule has 0 aromatic rings. The quantitative estimate of drug-likeness (QED) is 0.0264.